The van der Waals surface area contributed by atoms with E-state index < -0.39 is 16.5 Å². The number of nitrogens with one attached hydrogen (secondary N) is 1. The summed E-state index contributed by atoms with van der Waals surface area (Å²) >= 11 is 0. The minimum Gasteiger partial charge on any atom is -0.319 e. The van der Waals surface area contributed by atoms with Gasteiger partial charge in [-0.1, -0.05) is 49.7 Å². The van der Waals surface area contributed by atoms with Crippen LogP contribution in [-0.2, 0) is 23.3 Å². The van der Waals surface area contributed by atoms with Gasteiger partial charge in [-0.2, -0.15) is 0 Å². The predicted octanol–water partition coefficient (Wildman–Crippen LogP) is 3.51. The molecular formula is C20H21N3O4. The van der Waals surface area contributed by atoms with Gasteiger partial charge in [0, 0.05) is 12.1 Å². The van der Waals surface area contributed by atoms with E-state index in [0.29, 0.717) is 5.56 Å². The number of aryl methyl sites for hydroxylation is 1. The quantitative estimate of drug-likeness (QED) is 0.480. The van der Waals surface area contributed by atoms with Gasteiger partial charge in [0.25, 0.3) is 11.6 Å². The second-order valence-corrected chi connectivity index (χ2v) is 6.82. The van der Waals surface area contributed by atoms with E-state index in [-0.39, 0.29) is 18.1 Å². The van der Waals surface area contributed by atoms with Crippen molar-refractivity contribution in [2.24, 2.45) is 0 Å². The summed E-state index contributed by atoms with van der Waals surface area (Å²) in [5.74, 6) is -0.339. The summed E-state index contributed by atoms with van der Waals surface area (Å²) in [4.78, 5) is 36.8. The molecule has 27 heavy (non-hydrogen) atoms. The fourth-order valence-corrected chi connectivity index (χ4v) is 3.24. The van der Waals surface area contributed by atoms with Crippen molar-refractivity contribution in [1.82, 2.24) is 10.2 Å². The first kappa shape index (κ1) is 18.6. The number of nitro groups is 1. The van der Waals surface area contributed by atoms with Crippen molar-refractivity contribution < 1.29 is 14.5 Å². The number of carbonyl (C=O) groups is 2. The maximum Gasteiger partial charge on any atom is 0.325 e. The zero-order valence-corrected chi connectivity index (χ0v) is 15.3. The number of urea groups is 1. The summed E-state index contributed by atoms with van der Waals surface area (Å²) < 4.78 is 0. The molecule has 0 aliphatic carbocycles. The van der Waals surface area contributed by atoms with Crippen molar-refractivity contribution in [3.63, 3.8) is 0 Å². The SMILES string of the molecule is CCCc1ccc(C2(C)NC(=O)N(Cc3ccc([N+](=O)[O-])cc3)C2=O)cc1. The molecule has 0 radical (unpaired) electrons. The van der Waals surface area contributed by atoms with Crippen molar-refractivity contribution in [2.45, 2.75) is 38.8 Å². The molecule has 3 amide bonds. The Hall–Kier alpha value is -3.22. The molecule has 1 atom stereocenters. The third-order valence-electron chi connectivity index (χ3n) is 4.83. The third-order valence-corrected chi connectivity index (χ3v) is 4.83. The largest absolute Gasteiger partial charge is 0.325 e. The van der Waals surface area contributed by atoms with E-state index in [2.05, 4.69) is 12.2 Å². The van der Waals surface area contributed by atoms with E-state index >= 15 is 0 Å². The van der Waals surface area contributed by atoms with E-state index in [1.807, 2.05) is 24.3 Å². The average molecular weight is 367 g/mol. The maximum absolute atomic E-state index is 13.0. The Labute approximate surface area is 157 Å². The highest BCUT2D eigenvalue weighted by Crippen LogP contribution is 2.30. The number of non-ortho nitro benzene ring substituents is 1. The van der Waals surface area contributed by atoms with Crippen LogP contribution in [0.25, 0.3) is 0 Å². The van der Waals surface area contributed by atoms with Crippen molar-refractivity contribution in [2.75, 3.05) is 0 Å². The molecule has 140 valence electrons. The van der Waals surface area contributed by atoms with Gasteiger partial charge in [-0.25, -0.2) is 4.79 Å². The lowest BCUT2D eigenvalue weighted by molar-refractivity contribution is -0.384. The maximum atomic E-state index is 13.0. The molecule has 0 aromatic heterocycles. The fourth-order valence-electron chi connectivity index (χ4n) is 3.24. The van der Waals surface area contributed by atoms with Crippen LogP contribution in [0.5, 0.6) is 0 Å². The molecular weight excluding hydrogens is 346 g/mol. The monoisotopic (exact) mass is 367 g/mol. The number of hydrogen-bond acceptors (Lipinski definition) is 4. The molecule has 1 N–H and O–H groups in total. The molecule has 1 heterocycles. The second kappa shape index (κ2) is 7.19. The number of imide groups is 1. The molecule has 0 spiro atoms. The predicted molar refractivity (Wildman–Crippen MR) is 100.0 cm³/mol. The average Bonchev–Trinajstić information content (AvgIpc) is 2.87. The van der Waals surface area contributed by atoms with Crippen molar-refractivity contribution in [3.05, 3.63) is 75.3 Å². The molecule has 0 bridgehead atoms. The lowest BCUT2D eigenvalue weighted by Gasteiger charge is -2.22. The number of hydrogen-bond donors (Lipinski definition) is 1. The number of carbonyl (C=O) groups excluding carboxylic acids is 2. The van der Waals surface area contributed by atoms with Crippen LogP contribution in [0, 0.1) is 10.1 Å². The summed E-state index contributed by atoms with van der Waals surface area (Å²) in [6, 6.07) is 13.0. The lowest BCUT2D eigenvalue weighted by atomic mass is 9.91. The van der Waals surface area contributed by atoms with Crippen LogP contribution in [0.4, 0.5) is 10.5 Å². The Morgan fingerprint density at radius 1 is 1.04 bits per heavy atom. The highest BCUT2D eigenvalue weighted by molar-refractivity contribution is 6.07. The van der Waals surface area contributed by atoms with Crippen LogP contribution < -0.4 is 5.32 Å². The molecule has 1 aliphatic rings. The standard InChI is InChI=1S/C20H21N3O4/c1-3-4-14-5-9-16(10-6-14)20(2)18(24)22(19(25)21-20)13-15-7-11-17(12-8-15)23(26)27/h5-12H,3-4,13H2,1-2H3,(H,21,25). The van der Waals surface area contributed by atoms with E-state index in [1.165, 1.54) is 17.7 Å². The van der Waals surface area contributed by atoms with Gasteiger partial charge in [0.1, 0.15) is 5.54 Å². The molecule has 7 nitrogen and oxygen atoms in total. The highest BCUT2D eigenvalue weighted by Gasteiger charge is 2.48. The van der Waals surface area contributed by atoms with Gasteiger partial charge in [0.15, 0.2) is 0 Å². The lowest BCUT2D eigenvalue weighted by Crippen LogP contribution is -2.40. The highest BCUT2D eigenvalue weighted by atomic mass is 16.6. The van der Waals surface area contributed by atoms with E-state index in [0.717, 1.165) is 23.3 Å². The van der Waals surface area contributed by atoms with Crippen molar-refractivity contribution >= 4 is 17.6 Å². The minimum atomic E-state index is -1.12. The number of benzene rings is 2. The minimum absolute atomic E-state index is 0.0343. The summed E-state index contributed by atoms with van der Waals surface area (Å²) in [6.07, 6.45) is 2.00. The van der Waals surface area contributed by atoms with Gasteiger partial charge < -0.3 is 5.32 Å². The van der Waals surface area contributed by atoms with E-state index in [4.69, 9.17) is 0 Å². The van der Waals surface area contributed by atoms with Crippen LogP contribution in [0.3, 0.4) is 0 Å². The number of amides is 3. The molecule has 3 rings (SSSR count). The topological polar surface area (TPSA) is 92.6 Å². The van der Waals surface area contributed by atoms with Crippen LogP contribution >= 0.6 is 0 Å². The van der Waals surface area contributed by atoms with Crippen LogP contribution in [0.1, 0.15) is 37.0 Å². The Morgan fingerprint density at radius 2 is 1.63 bits per heavy atom. The van der Waals surface area contributed by atoms with E-state index in [1.54, 1.807) is 19.1 Å². The number of rotatable bonds is 6. The van der Waals surface area contributed by atoms with Gasteiger partial charge in [0.2, 0.25) is 0 Å². The Balaban J connectivity index is 1.80. The number of nitrogens with zero attached hydrogens (tertiary/aromatic N) is 2. The molecule has 1 saturated heterocycles. The molecule has 0 saturated carbocycles. The van der Waals surface area contributed by atoms with Crippen molar-refractivity contribution in [3.8, 4) is 0 Å². The van der Waals surface area contributed by atoms with Gasteiger partial charge in [-0.05, 0) is 30.0 Å². The summed E-state index contributed by atoms with van der Waals surface area (Å²) in [5.41, 5.74) is 1.40. The smallest absolute Gasteiger partial charge is 0.319 e. The Morgan fingerprint density at radius 3 is 2.19 bits per heavy atom. The van der Waals surface area contributed by atoms with Gasteiger partial charge in [-0.3, -0.25) is 19.8 Å². The first-order valence-electron chi connectivity index (χ1n) is 8.82. The summed E-state index contributed by atoms with van der Waals surface area (Å²) in [5, 5.41) is 13.5. The molecule has 1 unspecified atom stereocenters. The summed E-state index contributed by atoms with van der Waals surface area (Å²) in [7, 11) is 0. The first-order valence-corrected chi connectivity index (χ1v) is 8.82. The van der Waals surface area contributed by atoms with E-state index in [9.17, 15) is 19.7 Å². The molecule has 7 heteroatoms. The van der Waals surface area contributed by atoms with Gasteiger partial charge >= 0.3 is 6.03 Å². The van der Waals surface area contributed by atoms with Crippen LogP contribution in [0.2, 0.25) is 0 Å². The fraction of sp³-hybridized carbons (Fsp3) is 0.300. The molecule has 2 aromatic carbocycles. The molecule has 2 aromatic rings. The Kier molecular flexibility index (Phi) is 4.94. The van der Waals surface area contributed by atoms with Crippen LogP contribution in [0.15, 0.2) is 48.5 Å². The third kappa shape index (κ3) is 3.53. The zero-order valence-electron chi connectivity index (χ0n) is 15.3. The van der Waals surface area contributed by atoms with Gasteiger partial charge in [0.05, 0.1) is 11.5 Å². The normalized spacial score (nSPS) is 19.3. The van der Waals surface area contributed by atoms with Crippen LogP contribution in [-0.4, -0.2) is 21.8 Å². The zero-order chi connectivity index (χ0) is 19.6. The second-order valence-electron chi connectivity index (χ2n) is 6.82. The Bertz CT molecular complexity index is 877. The molecule has 1 aliphatic heterocycles. The van der Waals surface area contributed by atoms with Crippen molar-refractivity contribution in [1.29, 1.82) is 0 Å². The van der Waals surface area contributed by atoms with Gasteiger partial charge in [-0.15, -0.1) is 0 Å². The first-order chi connectivity index (χ1) is 12.8. The molecule has 1 fully saturated rings. The summed E-state index contributed by atoms with van der Waals surface area (Å²) in [6.45, 7) is 3.86. The number of nitro benzene ring substituents is 1.